The van der Waals surface area contributed by atoms with E-state index in [0.29, 0.717) is 34.6 Å². The van der Waals surface area contributed by atoms with E-state index in [-0.39, 0.29) is 18.3 Å². The Morgan fingerprint density at radius 1 is 1.05 bits per heavy atom. The molecule has 1 aliphatic rings. The molecule has 0 saturated heterocycles. The first-order chi connectivity index (χ1) is 19.3. The summed E-state index contributed by atoms with van der Waals surface area (Å²) in [5, 5.41) is 3.18. The molecule has 2 aromatic carbocycles. The average Bonchev–Trinajstić information content (AvgIpc) is 3.31. The molecule has 0 aliphatic carbocycles. The van der Waals surface area contributed by atoms with Crippen LogP contribution in [0.2, 0.25) is 0 Å². The molecule has 5 rings (SSSR count). The number of amides is 2. The molecule has 0 saturated carbocycles. The summed E-state index contributed by atoms with van der Waals surface area (Å²) in [6.07, 6.45) is -1.56. The van der Waals surface area contributed by atoms with E-state index in [1.165, 1.54) is 29.2 Å². The van der Waals surface area contributed by atoms with E-state index in [0.717, 1.165) is 17.7 Å². The topological polar surface area (TPSA) is 98.6 Å². The predicted molar refractivity (Wildman–Crippen MR) is 145 cm³/mol. The van der Waals surface area contributed by atoms with Gasteiger partial charge in [-0.15, -0.1) is 0 Å². The van der Waals surface area contributed by atoms with Crippen molar-refractivity contribution in [2.45, 2.75) is 58.5 Å². The summed E-state index contributed by atoms with van der Waals surface area (Å²) < 4.78 is 52.1. The van der Waals surface area contributed by atoms with Gasteiger partial charge in [0.15, 0.2) is 0 Å². The second kappa shape index (κ2) is 10.4. The fourth-order valence-electron chi connectivity index (χ4n) is 4.58. The molecule has 1 unspecified atom stereocenters. The van der Waals surface area contributed by atoms with Gasteiger partial charge in [-0.1, -0.05) is 6.07 Å². The van der Waals surface area contributed by atoms with E-state index in [4.69, 9.17) is 9.47 Å². The molecular weight excluding hydrogens is 539 g/mol. The second-order valence-corrected chi connectivity index (χ2v) is 10.8. The highest BCUT2D eigenvalue weighted by molar-refractivity contribution is 5.98. The lowest BCUT2D eigenvalue weighted by Crippen LogP contribution is -2.45. The number of halogens is 3. The lowest BCUT2D eigenvalue weighted by atomic mass is 10.00. The Kier molecular flexibility index (Phi) is 7.10. The van der Waals surface area contributed by atoms with Gasteiger partial charge in [0.1, 0.15) is 17.7 Å². The molecule has 0 bridgehead atoms. The zero-order chi connectivity index (χ0) is 29.5. The van der Waals surface area contributed by atoms with Crippen LogP contribution in [0.25, 0.3) is 10.9 Å². The third-order valence-electron chi connectivity index (χ3n) is 6.51. The van der Waals surface area contributed by atoms with Crippen LogP contribution in [0.5, 0.6) is 11.6 Å². The number of rotatable bonds is 3. The molecule has 41 heavy (non-hydrogen) atoms. The highest BCUT2D eigenvalue weighted by atomic mass is 19.4. The van der Waals surface area contributed by atoms with Crippen LogP contribution < -0.4 is 10.1 Å². The third kappa shape index (κ3) is 6.11. The van der Waals surface area contributed by atoms with Crippen molar-refractivity contribution in [2.24, 2.45) is 0 Å². The van der Waals surface area contributed by atoms with Crippen LogP contribution in [0.3, 0.4) is 0 Å². The van der Waals surface area contributed by atoms with Crippen molar-refractivity contribution >= 4 is 28.7 Å². The maximum atomic E-state index is 13.0. The molecule has 3 heterocycles. The van der Waals surface area contributed by atoms with Crippen molar-refractivity contribution in [1.82, 2.24) is 19.4 Å². The molecule has 2 aromatic heterocycles. The molecule has 1 N–H and O–H groups in total. The van der Waals surface area contributed by atoms with E-state index in [9.17, 15) is 22.8 Å². The smallest absolute Gasteiger partial charge is 0.416 e. The monoisotopic (exact) mass is 567 g/mol. The van der Waals surface area contributed by atoms with Crippen LogP contribution in [0, 0.1) is 0 Å². The number of carbonyl (C=O) groups is 2. The van der Waals surface area contributed by atoms with Crippen molar-refractivity contribution < 1.29 is 32.2 Å². The standard InChI is InChI=1S/C29H28F3N5O4/c1-17-12-22-23(15-37(17)27(39)41-28(2,3)4)33-16-34-25(22)40-21-8-9-24-18(13-21)10-11-36(24)26(38)35-20-7-5-6-19(14-20)29(30,31)32/h5-11,13-14,16-17H,12,15H2,1-4H3,(H,35,38). The van der Waals surface area contributed by atoms with Crippen LogP contribution in [0.1, 0.15) is 44.5 Å². The Bertz CT molecular complexity index is 1630. The SMILES string of the molecule is CC1Cc2c(ncnc2Oc2ccc3c(ccn3C(=O)Nc3cccc(C(F)(F)F)c3)c2)CN1C(=O)OC(C)(C)C. The van der Waals surface area contributed by atoms with E-state index >= 15 is 0 Å². The summed E-state index contributed by atoms with van der Waals surface area (Å²) in [6, 6.07) is 10.4. The van der Waals surface area contributed by atoms with Crippen molar-refractivity contribution in [3.05, 3.63) is 77.9 Å². The van der Waals surface area contributed by atoms with E-state index < -0.39 is 29.5 Å². The predicted octanol–water partition coefficient (Wildman–Crippen LogP) is 7.00. The Morgan fingerprint density at radius 2 is 1.83 bits per heavy atom. The van der Waals surface area contributed by atoms with Crippen LogP contribution >= 0.6 is 0 Å². The number of alkyl halides is 3. The first kappa shape index (κ1) is 27.9. The van der Waals surface area contributed by atoms with Gasteiger partial charge < -0.3 is 14.8 Å². The quantitative estimate of drug-likeness (QED) is 0.286. The minimum absolute atomic E-state index is 0.0274. The van der Waals surface area contributed by atoms with Gasteiger partial charge in [-0.05, 0) is 76.6 Å². The summed E-state index contributed by atoms with van der Waals surface area (Å²) in [5.74, 6) is 0.837. The van der Waals surface area contributed by atoms with Gasteiger partial charge >= 0.3 is 18.3 Å². The maximum Gasteiger partial charge on any atom is 0.416 e. The van der Waals surface area contributed by atoms with Gasteiger partial charge in [-0.25, -0.2) is 19.6 Å². The van der Waals surface area contributed by atoms with Crippen molar-refractivity contribution in [2.75, 3.05) is 5.32 Å². The normalized spacial score (nSPS) is 15.4. The molecule has 1 atom stereocenters. The van der Waals surface area contributed by atoms with E-state index in [2.05, 4.69) is 15.3 Å². The Morgan fingerprint density at radius 3 is 2.56 bits per heavy atom. The highest BCUT2D eigenvalue weighted by Crippen LogP contribution is 2.33. The number of carbonyl (C=O) groups excluding carboxylic acids is 2. The molecule has 12 heteroatoms. The molecule has 0 fully saturated rings. The van der Waals surface area contributed by atoms with E-state index in [1.807, 2.05) is 27.7 Å². The molecule has 9 nitrogen and oxygen atoms in total. The zero-order valence-electron chi connectivity index (χ0n) is 22.8. The molecular formula is C29H28F3N5O4. The largest absolute Gasteiger partial charge is 0.444 e. The fraction of sp³-hybridized carbons (Fsp3) is 0.310. The van der Waals surface area contributed by atoms with Gasteiger partial charge in [0, 0.05) is 28.9 Å². The van der Waals surface area contributed by atoms with Gasteiger partial charge in [-0.3, -0.25) is 9.47 Å². The third-order valence-corrected chi connectivity index (χ3v) is 6.51. The van der Waals surface area contributed by atoms with Gasteiger partial charge in [0.05, 0.1) is 23.3 Å². The number of nitrogens with one attached hydrogen (secondary N) is 1. The first-order valence-electron chi connectivity index (χ1n) is 12.9. The van der Waals surface area contributed by atoms with Crippen molar-refractivity contribution in [1.29, 1.82) is 0 Å². The molecule has 0 spiro atoms. The lowest BCUT2D eigenvalue weighted by molar-refractivity contribution is -0.137. The minimum atomic E-state index is -4.52. The van der Waals surface area contributed by atoms with Crippen molar-refractivity contribution in [3.8, 4) is 11.6 Å². The summed E-state index contributed by atoms with van der Waals surface area (Å²) in [7, 11) is 0. The van der Waals surface area contributed by atoms with Gasteiger partial charge in [-0.2, -0.15) is 13.2 Å². The molecule has 0 radical (unpaired) electrons. The van der Waals surface area contributed by atoms with Gasteiger partial charge in [0.2, 0.25) is 5.88 Å². The summed E-state index contributed by atoms with van der Waals surface area (Å²) in [6.45, 7) is 7.62. The highest BCUT2D eigenvalue weighted by Gasteiger charge is 2.33. The maximum absolute atomic E-state index is 13.0. The number of aromatic nitrogens is 3. The number of anilines is 1. The first-order valence-corrected chi connectivity index (χ1v) is 12.9. The van der Waals surface area contributed by atoms with Gasteiger partial charge in [0.25, 0.3) is 0 Å². The van der Waals surface area contributed by atoms with E-state index in [1.54, 1.807) is 29.2 Å². The average molecular weight is 568 g/mol. The number of hydrogen-bond donors (Lipinski definition) is 1. The van der Waals surface area contributed by atoms with Crippen LogP contribution in [0.4, 0.5) is 28.4 Å². The van der Waals surface area contributed by atoms with Crippen LogP contribution in [0.15, 0.2) is 61.1 Å². The zero-order valence-corrected chi connectivity index (χ0v) is 22.8. The number of fused-ring (bicyclic) bond motifs is 2. The summed E-state index contributed by atoms with van der Waals surface area (Å²) in [4.78, 5) is 35.9. The minimum Gasteiger partial charge on any atom is -0.444 e. The number of benzene rings is 2. The number of hydrogen-bond acceptors (Lipinski definition) is 6. The number of ether oxygens (including phenoxy) is 2. The van der Waals surface area contributed by atoms with Crippen molar-refractivity contribution in [3.63, 3.8) is 0 Å². The number of nitrogens with zero attached hydrogens (tertiary/aromatic N) is 4. The summed E-state index contributed by atoms with van der Waals surface area (Å²) in [5.41, 5.74) is 0.546. The Balaban J connectivity index is 1.33. The summed E-state index contributed by atoms with van der Waals surface area (Å²) >= 11 is 0. The Labute approximate surface area is 233 Å². The van der Waals surface area contributed by atoms with Crippen LogP contribution in [-0.2, 0) is 23.9 Å². The Hall–Kier alpha value is -4.61. The molecule has 214 valence electrons. The lowest BCUT2D eigenvalue weighted by Gasteiger charge is -2.35. The fourth-order valence-corrected chi connectivity index (χ4v) is 4.58. The molecule has 2 amide bonds. The van der Waals surface area contributed by atoms with Crippen LogP contribution in [-0.4, -0.2) is 43.2 Å². The molecule has 1 aliphatic heterocycles. The second-order valence-electron chi connectivity index (χ2n) is 10.8. The molecule has 4 aromatic rings.